The maximum absolute atomic E-state index is 10.1. The molecule has 0 atom stereocenters. The zero-order valence-corrected chi connectivity index (χ0v) is 20.1. The van der Waals surface area contributed by atoms with Gasteiger partial charge < -0.3 is 14.2 Å². The number of thioether (sulfide) groups is 1. The molecule has 0 aliphatic carbocycles. The van der Waals surface area contributed by atoms with Crippen LogP contribution in [0.2, 0.25) is 0 Å². The van der Waals surface area contributed by atoms with E-state index in [2.05, 4.69) is 37.7 Å². The number of fused-ring (bicyclic) bond motifs is 1. The lowest BCUT2D eigenvalue weighted by atomic mass is 10.1. The molecule has 162 valence electrons. The van der Waals surface area contributed by atoms with Gasteiger partial charge in [0.2, 0.25) is 0 Å². The molecule has 0 saturated carbocycles. The molecule has 8 heteroatoms. The Bertz CT molecular complexity index is 1040. The number of hydrogen-bond donors (Lipinski definition) is 0. The van der Waals surface area contributed by atoms with Gasteiger partial charge in [-0.3, -0.25) is 0 Å². The van der Waals surface area contributed by atoms with Crippen molar-refractivity contribution in [3.8, 4) is 11.8 Å². The maximum Gasteiger partial charge on any atom is 0.177 e. The van der Waals surface area contributed by atoms with Crippen molar-refractivity contribution in [1.29, 1.82) is 5.26 Å². The first-order valence-corrected chi connectivity index (χ1v) is 11.2. The second-order valence-corrected chi connectivity index (χ2v) is 8.03. The highest BCUT2D eigenvalue weighted by Crippen LogP contribution is 2.43. The summed E-state index contributed by atoms with van der Waals surface area (Å²) in [4.78, 5) is 2.13. The van der Waals surface area contributed by atoms with Crippen molar-refractivity contribution in [2.45, 2.75) is 39.2 Å². The predicted octanol–water partition coefficient (Wildman–Crippen LogP) is 5.41. The third-order valence-electron chi connectivity index (χ3n) is 5.25. The van der Waals surface area contributed by atoms with E-state index in [1.54, 1.807) is 11.8 Å². The summed E-state index contributed by atoms with van der Waals surface area (Å²) < 4.78 is 7.69. The molecule has 3 heterocycles. The Balaban J connectivity index is 0.00000272. The van der Waals surface area contributed by atoms with Gasteiger partial charge in [0.15, 0.2) is 5.82 Å². The van der Waals surface area contributed by atoms with Crippen LogP contribution in [0.3, 0.4) is 0 Å². The average molecular weight is 500 g/mol. The van der Waals surface area contributed by atoms with Gasteiger partial charge in [0.05, 0.1) is 12.3 Å². The predicted molar refractivity (Wildman–Crippen MR) is 131 cm³/mol. The molecule has 0 amide bonds. The molecule has 6 nitrogen and oxygen atoms in total. The number of hydrogen-bond acceptors (Lipinski definition) is 6. The molecule has 0 bridgehead atoms. The molecule has 0 unspecified atom stereocenters. The van der Waals surface area contributed by atoms with Gasteiger partial charge >= 0.3 is 0 Å². The summed E-state index contributed by atoms with van der Waals surface area (Å²) in [5, 5.41) is 21.8. The van der Waals surface area contributed by atoms with Crippen LogP contribution >= 0.6 is 28.7 Å². The quantitative estimate of drug-likeness (QED) is 0.391. The summed E-state index contributed by atoms with van der Waals surface area (Å²) in [6, 6.07) is 10.5. The number of rotatable bonds is 6. The van der Waals surface area contributed by atoms with E-state index in [0.717, 1.165) is 53.7 Å². The van der Waals surface area contributed by atoms with E-state index in [1.165, 1.54) is 6.42 Å². The van der Waals surface area contributed by atoms with E-state index >= 15 is 0 Å². The summed E-state index contributed by atoms with van der Waals surface area (Å²) in [7, 11) is 0. The Hall–Kier alpha value is -2.50. The lowest BCUT2D eigenvalue weighted by molar-refractivity contribution is 0.340. The third-order valence-corrected chi connectivity index (χ3v) is 6.24. The summed E-state index contributed by atoms with van der Waals surface area (Å²) in [6.45, 7) is 8.00. The van der Waals surface area contributed by atoms with E-state index in [0.29, 0.717) is 24.5 Å². The van der Waals surface area contributed by atoms with Gasteiger partial charge in [-0.1, -0.05) is 24.3 Å². The summed E-state index contributed by atoms with van der Waals surface area (Å²) in [6.07, 6.45) is 6.17. The molecule has 0 N–H and O–H groups in total. The first-order valence-electron chi connectivity index (χ1n) is 10.3. The van der Waals surface area contributed by atoms with E-state index in [-0.39, 0.29) is 17.0 Å². The molecule has 1 aromatic carbocycles. The first kappa shape index (κ1) is 23.2. The maximum atomic E-state index is 10.1. The fraction of sp³-hybridized carbons (Fsp3) is 0.348. The van der Waals surface area contributed by atoms with E-state index < -0.39 is 0 Å². The zero-order valence-electron chi connectivity index (χ0n) is 17.6. The Morgan fingerprint density at radius 2 is 2.06 bits per heavy atom. The Morgan fingerprint density at radius 1 is 1.26 bits per heavy atom. The number of aryl methyl sites for hydroxylation is 1. The standard InChI is InChI=1S/C23H25N5OS.BrH/c1-3-13-27-20(17-9-11-18(12-10-17)29-4-2)16-30-23(27)19(15-24)22-26-25-21-8-6-5-7-14-28(21)22;/h3,9-12,16H,1,4-8,13-14H2,2H3;1H/b23-19+;. The van der Waals surface area contributed by atoms with Crippen molar-refractivity contribution in [2.75, 3.05) is 13.2 Å². The number of halogens is 1. The van der Waals surface area contributed by atoms with Gasteiger partial charge in [-0.15, -0.1) is 33.8 Å². The van der Waals surface area contributed by atoms with E-state index in [4.69, 9.17) is 4.74 Å². The third kappa shape index (κ3) is 4.73. The highest BCUT2D eigenvalue weighted by molar-refractivity contribution is 8.93. The van der Waals surface area contributed by atoms with Crippen molar-refractivity contribution >= 4 is 40.0 Å². The van der Waals surface area contributed by atoms with Gasteiger partial charge in [-0.05, 0) is 49.6 Å². The molecule has 31 heavy (non-hydrogen) atoms. The second kappa shape index (κ2) is 10.7. The van der Waals surface area contributed by atoms with Crippen LogP contribution in [0, 0.1) is 11.3 Å². The molecular formula is C23H26BrN5OS. The van der Waals surface area contributed by atoms with Gasteiger partial charge in [0, 0.05) is 24.9 Å². The number of aromatic nitrogens is 3. The number of allylic oxidation sites excluding steroid dienone is 1. The fourth-order valence-corrected chi connectivity index (χ4v) is 4.87. The van der Waals surface area contributed by atoms with Crippen LogP contribution in [0.15, 0.2) is 47.4 Å². The fourth-order valence-electron chi connectivity index (χ4n) is 3.83. The van der Waals surface area contributed by atoms with Crippen LogP contribution in [0.25, 0.3) is 11.3 Å². The Kier molecular flexibility index (Phi) is 7.99. The zero-order chi connectivity index (χ0) is 20.9. The summed E-state index contributed by atoms with van der Waals surface area (Å²) in [5.41, 5.74) is 2.68. The number of benzene rings is 1. The van der Waals surface area contributed by atoms with Crippen LogP contribution < -0.4 is 4.74 Å². The van der Waals surface area contributed by atoms with Crippen LogP contribution in [0.4, 0.5) is 0 Å². The summed E-state index contributed by atoms with van der Waals surface area (Å²) in [5.74, 6) is 2.50. The molecule has 0 fully saturated rings. The number of ether oxygens (including phenoxy) is 1. The highest BCUT2D eigenvalue weighted by atomic mass is 79.9. The minimum Gasteiger partial charge on any atom is -0.494 e. The van der Waals surface area contributed by atoms with Gasteiger partial charge in [0.25, 0.3) is 0 Å². The first-order chi connectivity index (χ1) is 14.8. The Labute approximate surface area is 198 Å². The average Bonchev–Trinajstić information content (AvgIpc) is 3.27. The van der Waals surface area contributed by atoms with Gasteiger partial charge in [-0.25, -0.2) is 0 Å². The monoisotopic (exact) mass is 499 g/mol. The molecule has 0 spiro atoms. The van der Waals surface area contributed by atoms with Gasteiger partial charge in [0.1, 0.15) is 28.2 Å². The molecule has 2 aliphatic heterocycles. The second-order valence-electron chi connectivity index (χ2n) is 7.17. The molecule has 0 saturated heterocycles. The lowest BCUT2D eigenvalue weighted by Crippen LogP contribution is -2.18. The van der Waals surface area contributed by atoms with Crippen molar-refractivity contribution in [3.63, 3.8) is 0 Å². The largest absolute Gasteiger partial charge is 0.494 e. The number of nitrogens with zero attached hydrogens (tertiary/aromatic N) is 5. The minimum atomic E-state index is 0. The molecule has 0 radical (unpaired) electrons. The molecule has 2 aliphatic rings. The van der Waals surface area contributed by atoms with Crippen molar-refractivity contribution in [3.05, 3.63) is 64.6 Å². The van der Waals surface area contributed by atoms with Crippen LogP contribution in [-0.4, -0.2) is 32.8 Å². The van der Waals surface area contributed by atoms with E-state index in [9.17, 15) is 5.26 Å². The summed E-state index contributed by atoms with van der Waals surface area (Å²) >= 11 is 1.56. The molecular weight excluding hydrogens is 474 g/mol. The highest BCUT2D eigenvalue weighted by Gasteiger charge is 2.29. The van der Waals surface area contributed by atoms with Crippen molar-refractivity contribution in [2.24, 2.45) is 0 Å². The number of nitriles is 1. The lowest BCUT2D eigenvalue weighted by Gasteiger charge is -2.23. The van der Waals surface area contributed by atoms with Crippen molar-refractivity contribution < 1.29 is 4.74 Å². The molecule has 1 aromatic heterocycles. The Morgan fingerprint density at radius 3 is 2.77 bits per heavy atom. The van der Waals surface area contributed by atoms with Crippen LogP contribution in [0.1, 0.15) is 43.4 Å². The van der Waals surface area contributed by atoms with Crippen molar-refractivity contribution in [1.82, 2.24) is 19.7 Å². The van der Waals surface area contributed by atoms with Crippen LogP contribution in [0.5, 0.6) is 5.75 Å². The topological polar surface area (TPSA) is 67.0 Å². The van der Waals surface area contributed by atoms with Crippen LogP contribution in [-0.2, 0) is 13.0 Å². The van der Waals surface area contributed by atoms with Gasteiger partial charge in [-0.2, -0.15) is 5.26 Å². The SMILES string of the molecule is Br.C=CCN1C(c2ccc(OCC)cc2)=CS/C1=C(\C#N)c1nnc2n1CCCCC2. The minimum absolute atomic E-state index is 0. The molecule has 4 rings (SSSR count). The normalized spacial score (nSPS) is 17.0. The smallest absolute Gasteiger partial charge is 0.177 e. The molecule has 2 aromatic rings. The van der Waals surface area contributed by atoms with E-state index in [1.807, 2.05) is 37.3 Å².